The molecule has 1 unspecified atom stereocenters. The van der Waals surface area contributed by atoms with Crippen molar-refractivity contribution in [2.45, 2.75) is 25.7 Å². The first kappa shape index (κ1) is 11.4. The molecule has 0 bridgehead atoms. The van der Waals surface area contributed by atoms with Gasteiger partial charge in [0.2, 0.25) is 10.0 Å². The van der Waals surface area contributed by atoms with Crippen molar-refractivity contribution < 1.29 is 8.42 Å². The van der Waals surface area contributed by atoms with Crippen molar-refractivity contribution in [2.24, 2.45) is 11.8 Å². The molecule has 2 rings (SSSR count). The average molecular weight is 232 g/mol. The van der Waals surface area contributed by atoms with Gasteiger partial charge < -0.3 is 5.32 Å². The van der Waals surface area contributed by atoms with E-state index >= 15 is 0 Å². The Balaban J connectivity index is 1.70. The summed E-state index contributed by atoms with van der Waals surface area (Å²) >= 11 is 0. The van der Waals surface area contributed by atoms with Crippen LogP contribution in [0.4, 0.5) is 0 Å². The summed E-state index contributed by atoms with van der Waals surface area (Å²) in [5.74, 6) is 1.26. The van der Waals surface area contributed by atoms with Gasteiger partial charge in [0.05, 0.1) is 5.75 Å². The smallest absolute Gasteiger partial charge is 0.211 e. The zero-order valence-electron chi connectivity index (χ0n) is 9.04. The third-order valence-corrected chi connectivity index (χ3v) is 4.66. The van der Waals surface area contributed by atoms with E-state index in [0.717, 1.165) is 38.8 Å². The lowest BCUT2D eigenvalue weighted by molar-refractivity contribution is 0.375. The Morgan fingerprint density at radius 2 is 2.00 bits per heavy atom. The first-order chi connectivity index (χ1) is 7.16. The summed E-state index contributed by atoms with van der Waals surface area (Å²) in [7, 11) is -3.00. The molecule has 2 aliphatic rings. The molecule has 2 fully saturated rings. The molecule has 0 aromatic rings. The zero-order chi connectivity index (χ0) is 10.7. The summed E-state index contributed by atoms with van der Waals surface area (Å²) in [6.45, 7) is 2.64. The van der Waals surface area contributed by atoms with Gasteiger partial charge in [0, 0.05) is 6.54 Å². The van der Waals surface area contributed by atoms with E-state index in [1.807, 2.05) is 0 Å². The molecule has 1 aliphatic carbocycles. The number of hydrogen-bond acceptors (Lipinski definition) is 3. The molecule has 4 nitrogen and oxygen atoms in total. The number of nitrogens with one attached hydrogen (secondary N) is 2. The molecule has 0 aromatic heterocycles. The lowest BCUT2D eigenvalue weighted by Crippen LogP contribution is -2.39. The lowest BCUT2D eigenvalue weighted by atomic mass is 10.0. The summed E-state index contributed by atoms with van der Waals surface area (Å²) in [6, 6.07) is 0. The number of hydrogen-bond donors (Lipinski definition) is 2. The molecule has 2 N–H and O–H groups in total. The van der Waals surface area contributed by atoms with Gasteiger partial charge in [0.25, 0.3) is 0 Å². The molecule has 0 amide bonds. The fourth-order valence-corrected chi connectivity index (χ4v) is 3.56. The van der Waals surface area contributed by atoms with E-state index in [1.165, 1.54) is 0 Å². The minimum atomic E-state index is -3.00. The van der Waals surface area contributed by atoms with Crippen LogP contribution in [0.15, 0.2) is 0 Å². The van der Waals surface area contributed by atoms with Gasteiger partial charge in [-0.05, 0) is 50.6 Å². The summed E-state index contributed by atoms with van der Waals surface area (Å²) in [5.41, 5.74) is 0. The maximum atomic E-state index is 11.6. The Labute approximate surface area is 91.9 Å². The first-order valence-corrected chi connectivity index (χ1v) is 7.49. The topological polar surface area (TPSA) is 58.2 Å². The SMILES string of the molecule is O=S(=O)(CC1CC1)NCC1CCCNC1. The Morgan fingerprint density at radius 1 is 1.20 bits per heavy atom. The van der Waals surface area contributed by atoms with Crippen LogP contribution in [0.25, 0.3) is 0 Å². The highest BCUT2D eigenvalue weighted by Crippen LogP contribution is 2.29. The number of piperidine rings is 1. The molecular weight excluding hydrogens is 212 g/mol. The quantitative estimate of drug-likeness (QED) is 0.717. The lowest BCUT2D eigenvalue weighted by Gasteiger charge is -2.22. The second-order valence-corrected chi connectivity index (χ2v) is 6.64. The van der Waals surface area contributed by atoms with E-state index in [2.05, 4.69) is 10.0 Å². The van der Waals surface area contributed by atoms with Crippen LogP contribution in [0, 0.1) is 11.8 Å². The molecule has 0 spiro atoms. The molecule has 1 heterocycles. The van der Waals surface area contributed by atoms with Gasteiger partial charge in [0.1, 0.15) is 0 Å². The number of rotatable bonds is 5. The van der Waals surface area contributed by atoms with Crippen LogP contribution in [-0.4, -0.2) is 33.8 Å². The van der Waals surface area contributed by atoms with Crippen LogP contribution in [0.5, 0.6) is 0 Å². The van der Waals surface area contributed by atoms with Crippen molar-refractivity contribution in [1.82, 2.24) is 10.0 Å². The average Bonchev–Trinajstić information content (AvgIpc) is 3.00. The summed E-state index contributed by atoms with van der Waals surface area (Å²) < 4.78 is 25.9. The van der Waals surface area contributed by atoms with Crippen LogP contribution in [0.3, 0.4) is 0 Å². The van der Waals surface area contributed by atoms with Crippen LogP contribution in [0.1, 0.15) is 25.7 Å². The van der Waals surface area contributed by atoms with Gasteiger partial charge in [-0.15, -0.1) is 0 Å². The molecule has 1 atom stereocenters. The van der Waals surface area contributed by atoms with Crippen molar-refractivity contribution in [3.8, 4) is 0 Å². The molecule has 1 saturated carbocycles. The highest BCUT2D eigenvalue weighted by atomic mass is 32.2. The third kappa shape index (κ3) is 4.09. The molecule has 15 heavy (non-hydrogen) atoms. The van der Waals surface area contributed by atoms with E-state index in [1.54, 1.807) is 0 Å². The molecule has 1 aliphatic heterocycles. The van der Waals surface area contributed by atoms with Gasteiger partial charge in [-0.2, -0.15) is 0 Å². The van der Waals surface area contributed by atoms with Gasteiger partial charge >= 0.3 is 0 Å². The molecule has 88 valence electrons. The van der Waals surface area contributed by atoms with Crippen LogP contribution in [-0.2, 0) is 10.0 Å². The third-order valence-electron chi connectivity index (χ3n) is 3.14. The van der Waals surface area contributed by atoms with Crippen molar-refractivity contribution in [1.29, 1.82) is 0 Å². The minimum absolute atomic E-state index is 0.340. The standard InChI is InChI=1S/C10H20N2O2S/c13-15(14,8-9-3-4-9)12-7-10-2-1-5-11-6-10/h9-12H,1-8H2. The summed E-state index contributed by atoms with van der Waals surface area (Å²) in [4.78, 5) is 0. The van der Waals surface area contributed by atoms with E-state index in [0.29, 0.717) is 24.1 Å². The molecule has 5 heteroatoms. The normalized spacial score (nSPS) is 27.9. The minimum Gasteiger partial charge on any atom is -0.316 e. The van der Waals surface area contributed by atoms with Crippen LogP contribution >= 0.6 is 0 Å². The van der Waals surface area contributed by atoms with Crippen molar-refractivity contribution in [3.63, 3.8) is 0 Å². The van der Waals surface area contributed by atoms with E-state index in [9.17, 15) is 8.42 Å². The maximum absolute atomic E-state index is 11.6. The fourth-order valence-electron chi connectivity index (χ4n) is 2.00. The fraction of sp³-hybridized carbons (Fsp3) is 1.00. The predicted octanol–water partition coefficient (Wildman–Crippen LogP) is 0.315. The number of sulfonamides is 1. The second kappa shape index (κ2) is 4.80. The maximum Gasteiger partial charge on any atom is 0.211 e. The van der Waals surface area contributed by atoms with Gasteiger partial charge in [-0.3, -0.25) is 0 Å². The van der Waals surface area contributed by atoms with Crippen LogP contribution in [0.2, 0.25) is 0 Å². The van der Waals surface area contributed by atoms with Gasteiger partial charge in [0.15, 0.2) is 0 Å². The molecule has 1 saturated heterocycles. The Hall–Kier alpha value is -0.130. The zero-order valence-corrected chi connectivity index (χ0v) is 9.85. The van der Waals surface area contributed by atoms with Gasteiger partial charge in [-0.1, -0.05) is 0 Å². The predicted molar refractivity (Wildman–Crippen MR) is 60.1 cm³/mol. The Bertz CT molecular complexity index is 293. The van der Waals surface area contributed by atoms with Crippen molar-refractivity contribution >= 4 is 10.0 Å². The van der Waals surface area contributed by atoms with Gasteiger partial charge in [-0.25, -0.2) is 13.1 Å². The van der Waals surface area contributed by atoms with E-state index in [-0.39, 0.29) is 0 Å². The van der Waals surface area contributed by atoms with E-state index in [4.69, 9.17) is 0 Å². The highest BCUT2D eigenvalue weighted by Gasteiger charge is 2.28. The molecular formula is C10H20N2O2S. The van der Waals surface area contributed by atoms with Crippen molar-refractivity contribution in [3.05, 3.63) is 0 Å². The van der Waals surface area contributed by atoms with Crippen LogP contribution < -0.4 is 10.0 Å². The summed E-state index contributed by atoms with van der Waals surface area (Å²) in [5, 5.41) is 3.29. The molecule has 0 aromatic carbocycles. The second-order valence-electron chi connectivity index (χ2n) is 4.79. The Morgan fingerprint density at radius 3 is 2.60 bits per heavy atom. The largest absolute Gasteiger partial charge is 0.316 e. The Kier molecular flexibility index (Phi) is 3.64. The monoisotopic (exact) mass is 232 g/mol. The first-order valence-electron chi connectivity index (χ1n) is 5.84. The van der Waals surface area contributed by atoms with E-state index < -0.39 is 10.0 Å². The highest BCUT2D eigenvalue weighted by molar-refractivity contribution is 7.89. The summed E-state index contributed by atoms with van der Waals surface area (Å²) in [6.07, 6.45) is 4.48. The molecule has 0 radical (unpaired) electrons. The van der Waals surface area contributed by atoms with Crippen molar-refractivity contribution in [2.75, 3.05) is 25.4 Å².